The first-order valence-corrected chi connectivity index (χ1v) is 8.68. The van der Waals surface area contributed by atoms with Crippen LogP contribution in [0, 0.1) is 0 Å². The van der Waals surface area contributed by atoms with Crippen LogP contribution in [-0.2, 0) is 19.1 Å². The summed E-state index contributed by atoms with van der Waals surface area (Å²) in [5, 5.41) is 20.8. The molecular formula is C14H17N3O7S. The van der Waals surface area contributed by atoms with Crippen LogP contribution in [0.1, 0.15) is 6.42 Å². The summed E-state index contributed by atoms with van der Waals surface area (Å²) in [6.45, 7) is 0.317. The summed E-state index contributed by atoms with van der Waals surface area (Å²) in [6.07, 6.45) is -0.320. The number of fused-ring (bicyclic) bond motifs is 1. The van der Waals surface area contributed by atoms with Crippen molar-refractivity contribution in [3.05, 3.63) is 11.3 Å². The molecule has 0 aliphatic carbocycles. The minimum Gasteiger partial charge on any atom is -0.477 e. The third-order valence-corrected chi connectivity index (χ3v) is 5.63. The summed E-state index contributed by atoms with van der Waals surface area (Å²) < 4.78 is 5.14. The number of ether oxygens (including phenoxy) is 1. The van der Waals surface area contributed by atoms with Crippen molar-refractivity contribution in [3.8, 4) is 0 Å². The van der Waals surface area contributed by atoms with Crippen molar-refractivity contribution in [2.45, 2.75) is 23.9 Å². The lowest BCUT2D eigenvalue weighted by Crippen LogP contribution is -2.69. The fourth-order valence-corrected chi connectivity index (χ4v) is 4.37. The zero-order valence-electron chi connectivity index (χ0n) is 13.1. The number of nitrogens with zero attached hydrogens (tertiary/aromatic N) is 2. The molecule has 136 valence electrons. The molecule has 2 fully saturated rings. The lowest BCUT2D eigenvalue weighted by Gasteiger charge is -2.49. The van der Waals surface area contributed by atoms with E-state index in [-0.39, 0.29) is 24.6 Å². The highest BCUT2D eigenvalue weighted by molar-refractivity contribution is 8.00. The van der Waals surface area contributed by atoms with E-state index in [2.05, 4.69) is 5.32 Å². The van der Waals surface area contributed by atoms with E-state index in [9.17, 15) is 29.4 Å². The molecule has 10 nitrogen and oxygen atoms in total. The van der Waals surface area contributed by atoms with Crippen LogP contribution in [0.25, 0.3) is 0 Å². The maximum atomic E-state index is 12.1. The van der Waals surface area contributed by atoms with Gasteiger partial charge in [0.1, 0.15) is 23.7 Å². The van der Waals surface area contributed by atoms with E-state index < -0.39 is 35.5 Å². The number of carbonyl (C=O) groups is 4. The van der Waals surface area contributed by atoms with Crippen LogP contribution < -0.4 is 5.32 Å². The molecule has 0 aromatic rings. The van der Waals surface area contributed by atoms with Crippen LogP contribution in [0.3, 0.4) is 0 Å². The highest BCUT2D eigenvalue weighted by atomic mass is 32.2. The molecule has 3 N–H and O–H groups in total. The van der Waals surface area contributed by atoms with Gasteiger partial charge in [0.05, 0.1) is 6.10 Å². The second-order valence-corrected chi connectivity index (χ2v) is 6.98. The molecule has 11 heteroatoms. The Morgan fingerprint density at radius 2 is 2.20 bits per heavy atom. The van der Waals surface area contributed by atoms with Crippen LogP contribution in [0.15, 0.2) is 11.3 Å². The standard InChI is InChI=1S/C14H17N3O7S/c18-6-15-9-11(20)17-10(13(21)22)7(5-25-12(9)17)4-24-14(23)16-2-1-8(19)3-16/h6,8-9,12,19H,1-5H2,(H,15,18)(H,21,22)/t8?,9?,12-/m1/s1. The van der Waals surface area contributed by atoms with E-state index in [1.54, 1.807) is 0 Å². The minimum absolute atomic E-state index is 0.185. The van der Waals surface area contributed by atoms with Gasteiger partial charge in [-0.25, -0.2) is 9.59 Å². The first-order valence-electron chi connectivity index (χ1n) is 7.63. The highest BCUT2D eigenvalue weighted by Gasteiger charge is 2.53. The zero-order valence-corrected chi connectivity index (χ0v) is 13.9. The smallest absolute Gasteiger partial charge is 0.410 e. The minimum atomic E-state index is -1.29. The number of likely N-dealkylation sites (tertiary alicyclic amines) is 1. The third-order valence-electron chi connectivity index (χ3n) is 4.29. The van der Waals surface area contributed by atoms with Crippen LogP contribution in [0.4, 0.5) is 4.79 Å². The number of thioether (sulfide) groups is 1. The topological polar surface area (TPSA) is 136 Å². The number of carbonyl (C=O) groups excluding carboxylic acids is 3. The number of hydrogen-bond donors (Lipinski definition) is 3. The SMILES string of the molecule is O=CNC1C(=O)N2C(C(=O)O)=C(COC(=O)N3CCC(O)C3)CS[C@H]12. The first-order chi connectivity index (χ1) is 11.9. The Morgan fingerprint density at radius 3 is 2.80 bits per heavy atom. The summed E-state index contributed by atoms with van der Waals surface area (Å²) >= 11 is 1.30. The van der Waals surface area contributed by atoms with Gasteiger partial charge in [-0.3, -0.25) is 14.5 Å². The molecule has 3 atom stereocenters. The van der Waals surface area contributed by atoms with Crippen molar-refractivity contribution < 1.29 is 34.1 Å². The number of aliphatic hydroxyl groups excluding tert-OH is 1. The lowest BCUT2D eigenvalue weighted by atomic mass is 10.0. The van der Waals surface area contributed by atoms with Gasteiger partial charge in [-0.05, 0) is 6.42 Å². The third kappa shape index (κ3) is 3.16. The normalized spacial score (nSPS) is 28.4. The second kappa shape index (κ2) is 6.92. The Kier molecular flexibility index (Phi) is 4.86. The average Bonchev–Trinajstić information content (AvgIpc) is 3.02. The largest absolute Gasteiger partial charge is 0.477 e. The Morgan fingerprint density at radius 1 is 1.44 bits per heavy atom. The van der Waals surface area contributed by atoms with Gasteiger partial charge in [0.2, 0.25) is 6.41 Å². The molecule has 0 spiro atoms. The summed E-state index contributed by atoms with van der Waals surface area (Å²) in [5.41, 5.74) is 0.117. The molecule has 0 aromatic heterocycles. The highest BCUT2D eigenvalue weighted by Crippen LogP contribution is 2.40. The molecule has 3 heterocycles. The van der Waals surface area contributed by atoms with Gasteiger partial charge in [-0.15, -0.1) is 11.8 Å². The zero-order chi connectivity index (χ0) is 18.1. The van der Waals surface area contributed by atoms with Gasteiger partial charge in [-0.1, -0.05) is 0 Å². The van der Waals surface area contributed by atoms with E-state index >= 15 is 0 Å². The fourth-order valence-electron chi connectivity index (χ4n) is 3.04. The molecule has 0 bridgehead atoms. The lowest BCUT2D eigenvalue weighted by molar-refractivity contribution is -0.149. The van der Waals surface area contributed by atoms with Gasteiger partial charge in [0, 0.05) is 24.4 Å². The second-order valence-electron chi connectivity index (χ2n) is 5.87. The Balaban J connectivity index is 1.69. The van der Waals surface area contributed by atoms with Gasteiger partial charge in [0.25, 0.3) is 5.91 Å². The molecule has 3 aliphatic heterocycles. The first kappa shape index (κ1) is 17.5. The van der Waals surface area contributed by atoms with Gasteiger partial charge >= 0.3 is 12.1 Å². The number of rotatable bonds is 5. The molecule has 3 rings (SSSR count). The Hall–Kier alpha value is -2.27. The maximum absolute atomic E-state index is 12.1. The number of aliphatic hydroxyl groups is 1. The van der Waals surface area contributed by atoms with Gasteiger partial charge in [0.15, 0.2) is 0 Å². The van der Waals surface area contributed by atoms with Crippen LogP contribution >= 0.6 is 11.8 Å². The van der Waals surface area contributed by atoms with Crippen molar-refractivity contribution in [2.24, 2.45) is 0 Å². The number of aliphatic carboxylic acids is 1. The molecule has 0 radical (unpaired) electrons. The Labute approximate surface area is 146 Å². The van der Waals surface area contributed by atoms with Gasteiger partial charge in [-0.2, -0.15) is 0 Å². The number of amides is 3. The summed E-state index contributed by atoms with van der Waals surface area (Å²) in [6, 6.07) is -0.743. The number of hydrogen-bond acceptors (Lipinski definition) is 7. The molecule has 2 unspecified atom stereocenters. The van der Waals surface area contributed by atoms with Crippen molar-refractivity contribution in [1.29, 1.82) is 0 Å². The molecule has 0 aromatic carbocycles. The molecule has 3 aliphatic rings. The van der Waals surface area contributed by atoms with Crippen molar-refractivity contribution in [3.63, 3.8) is 0 Å². The number of carboxylic acid groups (broad SMARTS) is 1. The number of β-amino-alcohol motifs (C(OH)–C–C–N with tert-alkyl or cyclic N) is 1. The van der Waals surface area contributed by atoms with Crippen LogP contribution in [-0.4, -0.2) is 87.4 Å². The van der Waals surface area contributed by atoms with E-state index in [0.717, 1.165) is 4.90 Å². The molecule has 0 saturated carbocycles. The predicted molar refractivity (Wildman–Crippen MR) is 84.3 cm³/mol. The van der Waals surface area contributed by atoms with E-state index in [1.807, 2.05) is 0 Å². The van der Waals surface area contributed by atoms with Crippen molar-refractivity contribution in [2.75, 3.05) is 25.4 Å². The van der Waals surface area contributed by atoms with E-state index in [1.165, 1.54) is 16.7 Å². The van der Waals surface area contributed by atoms with Gasteiger partial charge < -0.3 is 25.2 Å². The number of carboxylic acids is 1. The Bertz CT molecular complexity index is 652. The number of β-lactam (4-membered cyclic amide) rings is 1. The summed E-state index contributed by atoms with van der Waals surface area (Å²) in [4.78, 5) is 48.6. The van der Waals surface area contributed by atoms with Crippen molar-refractivity contribution >= 4 is 36.1 Å². The van der Waals surface area contributed by atoms with Crippen molar-refractivity contribution in [1.82, 2.24) is 15.1 Å². The maximum Gasteiger partial charge on any atom is 0.410 e. The summed E-state index contributed by atoms with van der Waals surface area (Å²) in [5.74, 6) is -1.53. The quantitative estimate of drug-likeness (QED) is 0.395. The molecule has 2 saturated heterocycles. The molecule has 25 heavy (non-hydrogen) atoms. The number of nitrogens with one attached hydrogen (secondary N) is 1. The predicted octanol–water partition coefficient (Wildman–Crippen LogP) is -1.44. The average molecular weight is 371 g/mol. The van der Waals surface area contributed by atoms with E-state index in [0.29, 0.717) is 24.9 Å². The monoisotopic (exact) mass is 371 g/mol. The molecule has 3 amide bonds. The van der Waals surface area contributed by atoms with Crippen LogP contribution in [0.5, 0.6) is 0 Å². The van der Waals surface area contributed by atoms with Crippen LogP contribution in [0.2, 0.25) is 0 Å². The fraction of sp³-hybridized carbons (Fsp3) is 0.571. The molecular weight excluding hydrogens is 354 g/mol. The van der Waals surface area contributed by atoms with E-state index in [4.69, 9.17) is 4.74 Å². The summed E-state index contributed by atoms with van der Waals surface area (Å²) in [7, 11) is 0.